The van der Waals surface area contributed by atoms with Crippen LogP contribution in [0.3, 0.4) is 0 Å². The van der Waals surface area contributed by atoms with Gasteiger partial charge in [0.2, 0.25) is 0 Å². The van der Waals surface area contributed by atoms with Gasteiger partial charge in [-0.25, -0.2) is 0 Å². The second-order valence-electron chi connectivity index (χ2n) is 7.41. The number of nitrogens with one attached hydrogen (secondary N) is 2. The van der Waals surface area contributed by atoms with Crippen molar-refractivity contribution in [3.63, 3.8) is 0 Å². The maximum atomic E-state index is 5.76. The van der Waals surface area contributed by atoms with E-state index in [-0.39, 0.29) is 30.0 Å². The lowest BCUT2D eigenvalue weighted by molar-refractivity contribution is 0.119. The molecule has 2 N–H and O–H groups in total. The number of hydrogen-bond acceptors (Lipinski definition) is 5. The average Bonchev–Trinajstić information content (AvgIpc) is 3.50. The van der Waals surface area contributed by atoms with E-state index in [1.807, 2.05) is 30.3 Å². The van der Waals surface area contributed by atoms with E-state index in [4.69, 9.17) is 13.9 Å². The molecule has 0 amide bonds. The van der Waals surface area contributed by atoms with E-state index in [2.05, 4.69) is 26.6 Å². The normalized spacial score (nSPS) is 15.4. The Morgan fingerprint density at radius 2 is 1.94 bits per heavy atom. The second kappa shape index (κ2) is 14.3. The van der Waals surface area contributed by atoms with Gasteiger partial charge < -0.3 is 24.5 Å². The van der Waals surface area contributed by atoms with Crippen LogP contribution in [0.4, 0.5) is 0 Å². The molecule has 1 fully saturated rings. The van der Waals surface area contributed by atoms with Crippen molar-refractivity contribution in [2.75, 3.05) is 46.9 Å². The Morgan fingerprint density at radius 1 is 1.16 bits per heavy atom. The third kappa shape index (κ3) is 8.34. The van der Waals surface area contributed by atoms with Crippen LogP contribution in [0.5, 0.6) is 5.75 Å². The zero-order valence-electron chi connectivity index (χ0n) is 18.5. The summed E-state index contributed by atoms with van der Waals surface area (Å²) in [6.07, 6.45) is 5.16. The number of methoxy groups -OCH3 is 1. The first kappa shape index (κ1) is 25.5. The van der Waals surface area contributed by atoms with E-state index in [1.165, 1.54) is 12.8 Å². The standard InChI is InChI=1S/C23H34N4O3.HI/c1-24-23(25-12-6-15-29-18-19-8-10-20(28-2)11-9-19)26-17-21(22-7-5-16-30-22)27-13-3-4-14-27;/h5,7-11,16,21H,3-4,6,12-15,17-18H2,1-2H3,(H2,24,25,26);1H. The lowest BCUT2D eigenvalue weighted by Crippen LogP contribution is -2.43. The lowest BCUT2D eigenvalue weighted by atomic mass is 10.2. The van der Waals surface area contributed by atoms with Crippen LogP contribution in [-0.4, -0.2) is 57.8 Å². The van der Waals surface area contributed by atoms with Crippen molar-refractivity contribution in [3.05, 3.63) is 54.0 Å². The Labute approximate surface area is 202 Å². The highest BCUT2D eigenvalue weighted by molar-refractivity contribution is 14.0. The van der Waals surface area contributed by atoms with Gasteiger partial charge in [-0.1, -0.05) is 12.1 Å². The molecule has 8 heteroatoms. The Balaban J connectivity index is 0.00000341. The molecule has 0 saturated carbocycles. The van der Waals surface area contributed by atoms with Gasteiger partial charge in [0.15, 0.2) is 5.96 Å². The first-order chi connectivity index (χ1) is 14.8. The minimum atomic E-state index is 0. The molecule has 1 atom stereocenters. The number of aliphatic imine (C=N–C) groups is 1. The molecule has 1 aromatic carbocycles. The number of ether oxygens (including phenoxy) is 2. The van der Waals surface area contributed by atoms with Crippen molar-refractivity contribution in [2.45, 2.75) is 31.9 Å². The summed E-state index contributed by atoms with van der Waals surface area (Å²) in [5, 5.41) is 6.81. The van der Waals surface area contributed by atoms with Gasteiger partial charge in [0.1, 0.15) is 11.5 Å². The molecule has 1 aliphatic rings. The van der Waals surface area contributed by atoms with Gasteiger partial charge in [-0.05, 0) is 62.2 Å². The number of hydrogen-bond donors (Lipinski definition) is 2. The fraction of sp³-hybridized carbons (Fsp3) is 0.522. The Bertz CT molecular complexity index is 747. The number of furan rings is 1. The minimum Gasteiger partial charge on any atom is -0.497 e. The number of benzene rings is 1. The summed E-state index contributed by atoms with van der Waals surface area (Å²) >= 11 is 0. The maximum Gasteiger partial charge on any atom is 0.191 e. The van der Waals surface area contributed by atoms with Gasteiger partial charge in [0.05, 0.1) is 26.0 Å². The molecular weight excluding hydrogens is 507 g/mol. The molecule has 31 heavy (non-hydrogen) atoms. The summed E-state index contributed by atoms with van der Waals surface area (Å²) in [4.78, 5) is 6.82. The summed E-state index contributed by atoms with van der Waals surface area (Å²) in [5.74, 6) is 2.67. The molecule has 1 unspecified atom stereocenters. The van der Waals surface area contributed by atoms with Crippen LogP contribution in [0, 0.1) is 0 Å². The van der Waals surface area contributed by atoms with Gasteiger partial charge in [0, 0.05) is 26.7 Å². The van der Waals surface area contributed by atoms with E-state index in [0.717, 1.165) is 55.6 Å². The van der Waals surface area contributed by atoms with Crippen molar-refractivity contribution in [3.8, 4) is 5.75 Å². The quantitative estimate of drug-likeness (QED) is 0.195. The molecule has 7 nitrogen and oxygen atoms in total. The van der Waals surface area contributed by atoms with Crippen LogP contribution in [0.15, 0.2) is 52.1 Å². The fourth-order valence-electron chi connectivity index (χ4n) is 3.65. The summed E-state index contributed by atoms with van der Waals surface area (Å²) < 4.78 is 16.6. The summed E-state index contributed by atoms with van der Waals surface area (Å²) in [6.45, 7) is 5.10. The summed E-state index contributed by atoms with van der Waals surface area (Å²) in [7, 11) is 3.47. The molecule has 2 heterocycles. The molecule has 1 aliphatic heterocycles. The highest BCUT2D eigenvalue weighted by Gasteiger charge is 2.25. The van der Waals surface area contributed by atoms with Crippen molar-refractivity contribution >= 4 is 29.9 Å². The zero-order valence-corrected chi connectivity index (χ0v) is 20.8. The molecule has 1 saturated heterocycles. The van der Waals surface area contributed by atoms with E-state index in [9.17, 15) is 0 Å². The number of likely N-dealkylation sites (tertiary alicyclic amines) is 1. The van der Waals surface area contributed by atoms with Crippen molar-refractivity contribution in [2.24, 2.45) is 4.99 Å². The monoisotopic (exact) mass is 542 g/mol. The Morgan fingerprint density at radius 3 is 2.58 bits per heavy atom. The molecule has 0 bridgehead atoms. The van der Waals surface area contributed by atoms with Crippen LogP contribution in [0.2, 0.25) is 0 Å². The third-order valence-electron chi connectivity index (χ3n) is 5.33. The fourth-order valence-corrected chi connectivity index (χ4v) is 3.65. The summed E-state index contributed by atoms with van der Waals surface area (Å²) in [5.41, 5.74) is 1.15. The first-order valence-corrected chi connectivity index (χ1v) is 10.7. The molecule has 3 rings (SSSR count). The van der Waals surface area contributed by atoms with Crippen LogP contribution in [0.1, 0.15) is 36.6 Å². The topological polar surface area (TPSA) is 71.3 Å². The smallest absolute Gasteiger partial charge is 0.191 e. The highest BCUT2D eigenvalue weighted by Crippen LogP contribution is 2.24. The third-order valence-corrected chi connectivity index (χ3v) is 5.33. The molecular formula is C23H35IN4O3. The predicted octanol–water partition coefficient (Wildman–Crippen LogP) is 3.82. The van der Waals surface area contributed by atoms with Crippen molar-refractivity contribution in [1.82, 2.24) is 15.5 Å². The number of nitrogens with zero attached hydrogens (tertiary/aromatic N) is 2. The van der Waals surface area contributed by atoms with Gasteiger partial charge in [-0.3, -0.25) is 9.89 Å². The summed E-state index contributed by atoms with van der Waals surface area (Å²) in [6, 6.07) is 12.2. The highest BCUT2D eigenvalue weighted by atomic mass is 127. The van der Waals surface area contributed by atoms with Crippen LogP contribution in [0.25, 0.3) is 0 Å². The SMILES string of the molecule is CN=C(NCCCOCc1ccc(OC)cc1)NCC(c1ccco1)N1CCCC1.I. The first-order valence-electron chi connectivity index (χ1n) is 10.7. The molecule has 2 aromatic rings. The van der Waals surface area contributed by atoms with Crippen LogP contribution in [-0.2, 0) is 11.3 Å². The van der Waals surface area contributed by atoms with Crippen LogP contribution >= 0.6 is 24.0 Å². The molecule has 1 aromatic heterocycles. The molecule has 172 valence electrons. The van der Waals surface area contributed by atoms with E-state index in [1.54, 1.807) is 20.4 Å². The molecule has 0 aliphatic carbocycles. The lowest BCUT2D eigenvalue weighted by Gasteiger charge is -2.26. The predicted molar refractivity (Wildman–Crippen MR) is 134 cm³/mol. The number of guanidine groups is 1. The van der Waals surface area contributed by atoms with Crippen molar-refractivity contribution < 1.29 is 13.9 Å². The van der Waals surface area contributed by atoms with Gasteiger partial charge >= 0.3 is 0 Å². The molecule has 0 radical (unpaired) electrons. The van der Waals surface area contributed by atoms with Gasteiger partial charge in [0.25, 0.3) is 0 Å². The molecule has 0 spiro atoms. The van der Waals surface area contributed by atoms with Crippen LogP contribution < -0.4 is 15.4 Å². The minimum absolute atomic E-state index is 0. The van der Waals surface area contributed by atoms with Gasteiger partial charge in [-0.2, -0.15) is 0 Å². The van der Waals surface area contributed by atoms with Gasteiger partial charge in [-0.15, -0.1) is 24.0 Å². The maximum absolute atomic E-state index is 5.76. The Hall–Kier alpha value is -1.78. The van der Waals surface area contributed by atoms with E-state index in [0.29, 0.717) is 13.2 Å². The largest absolute Gasteiger partial charge is 0.497 e. The number of rotatable bonds is 11. The van der Waals surface area contributed by atoms with E-state index >= 15 is 0 Å². The van der Waals surface area contributed by atoms with E-state index < -0.39 is 0 Å². The van der Waals surface area contributed by atoms with Crippen molar-refractivity contribution in [1.29, 1.82) is 0 Å². The number of halogens is 1. The zero-order chi connectivity index (χ0) is 21.0. The average molecular weight is 542 g/mol. The Kier molecular flexibility index (Phi) is 11.8. The second-order valence-corrected chi connectivity index (χ2v) is 7.41.